The number of benzene rings is 3. The van der Waals surface area contributed by atoms with Crippen LogP contribution in [0.2, 0.25) is 0 Å². The number of allylic oxidation sites excluding steroid dienone is 8. The van der Waals surface area contributed by atoms with Gasteiger partial charge in [-0.1, -0.05) is 120 Å². The van der Waals surface area contributed by atoms with Gasteiger partial charge < -0.3 is 79.9 Å². The number of Topliss-reactive ketones (excluding diaryl/α,β-unsaturated/α-hetero) is 4. The molecule has 8 aliphatic heterocycles. The summed E-state index contributed by atoms with van der Waals surface area (Å²) in [4.78, 5) is 115. The number of anilines is 1. The summed E-state index contributed by atoms with van der Waals surface area (Å²) in [5, 5.41) is 110. The summed E-state index contributed by atoms with van der Waals surface area (Å²) in [7, 11) is 0. The Bertz CT molecular complexity index is 4710. The van der Waals surface area contributed by atoms with Crippen LogP contribution in [0.3, 0.4) is 0 Å². The highest BCUT2D eigenvalue weighted by Gasteiger charge is 2.54. The smallest absolute Gasteiger partial charge is 0.312 e. The van der Waals surface area contributed by atoms with E-state index in [1.807, 2.05) is 32.7 Å². The van der Waals surface area contributed by atoms with E-state index in [1.54, 1.807) is 83.0 Å². The molecule has 2 amide bonds. The number of nitrogens with zero attached hydrogens (tertiary/aromatic N) is 6. The molecule has 2 fully saturated rings. The maximum atomic E-state index is 14.7. The Kier molecular flexibility index (Phi) is 30.5. The number of rotatable bonds is 10. The second-order valence-electron chi connectivity index (χ2n) is 33.6. The molecule has 1 aliphatic carbocycles. The molecule has 3 aromatic rings. The molecule has 0 saturated carbocycles. The van der Waals surface area contributed by atoms with Gasteiger partial charge in [0.15, 0.2) is 11.5 Å². The van der Waals surface area contributed by atoms with Crippen LogP contribution in [0.4, 0.5) is 5.69 Å². The summed E-state index contributed by atoms with van der Waals surface area (Å²) in [6.45, 7) is 40.5. The van der Waals surface area contributed by atoms with Crippen molar-refractivity contribution in [1.29, 1.82) is 0 Å². The minimum Gasteiger partial charge on any atom is -0.507 e. The second kappa shape index (κ2) is 39.1. The molecule has 3 aromatic carbocycles. The van der Waals surface area contributed by atoms with Crippen molar-refractivity contribution >= 4 is 75.8 Å². The lowest BCUT2D eigenvalue weighted by Crippen LogP contribution is -2.45. The molecule has 9 aliphatic rings. The lowest BCUT2D eigenvalue weighted by molar-refractivity contribution is -0.159. The summed E-state index contributed by atoms with van der Waals surface area (Å²) in [6.07, 6.45) is 14.1. The minimum atomic E-state index is -2.04. The molecule has 654 valence electrons. The Labute approximate surface area is 702 Å². The Balaban J connectivity index is 0.000000273. The summed E-state index contributed by atoms with van der Waals surface area (Å²) in [6, 6.07) is 0. The van der Waals surface area contributed by atoms with Crippen LogP contribution in [-0.2, 0) is 38.1 Å². The maximum Gasteiger partial charge on any atom is 0.312 e. The molecular formula is C90H122N8O22. The number of ether oxygens (including phenoxy) is 6. The number of aliphatic hydroxyl groups excluding tert-OH is 4. The van der Waals surface area contributed by atoms with Crippen LogP contribution in [-0.4, -0.2) is 234 Å². The predicted octanol–water partition coefficient (Wildman–Crippen LogP) is 10.4. The van der Waals surface area contributed by atoms with Gasteiger partial charge in [-0.2, -0.15) is 10.2 Å². The van der Waals surface area contributed by atoms with E-state index in [2.05, 4.69) is 44.5 Å². The number of carbonyl (C=O) groups is 8. The van der Waals surface area contributed by atoms with E-state index in [9.17, 15) is 79.2 Å². The number of carbonyl (C=O) groups excluding carboxylic acids is 8. The number of phenolic OH excluding ortho intramolecular Hbond substituents is 4. The molecule has 0 aromatic heterocycles. The van der Waals surface area contributed by atoms with Crippen molar-refractivity contribution in [2.24, 2.45) is 69.4 Å². The number of piperazine rings is 2. The number of esters is 2. The molecule has 0 unspecified atom stereocenters. The minimum absolute atomic E-state index is 0.0123. The molecule has 0 spiro atoms. The van der Waals surface area contributed by atoms with E-state index in [1.165, 1.54) is 92.5 Å². The molecule has 0 radical (unpaired) electrons. The number of hydrogen-bond acceptors (Lipinski definition) is 28. The molecule has 2 saturated heterocycles. The fourth-order valence-electron chi connectivity index (χ4n) is 16.5. The van der Waals surface area contributed by atoms with Gasteiger partial charge >= 0.3 is 23.5 Å². The van der Waals surface area contributed by atoms with Crippen LogP contribution in [0.15, 0.2) is 93.8 Å². The number of hydrogen-bond donors (Lipinski definition) is 10. The normalized spacial score (nSPS) is 32.3. The summed E-state index contributed by atoms with van der Waals surface area (Å²) in [5.74, 6) is -17.2. The van der Waals surface area contributed by atoms with Gasteiger partial charge in [-0.25, -0.2) is 0 Å². The fourth-order valence-corrected chi connectivity index (χ4v) is 16.5. The van der Waals surface area contributed by atoms with Crippen molar-refractivity contribution in [3.8, 4) is 34.5 Å². The lowest BCUT2D eigenvalue weighted by atomic mass is 9.77. The number of ketones is 4. The van der Waals surface area contributed by atoms with Crippen LogP contribution < -0.4 is 20.1 Å². The number of aliphatic hydroxyl groups is 4. The fraction of sp³-hybridized carbons (Fsp3) is 0.556. The van der Waals surface area contributed by atoms with Crippen molar-refractivity contribution in [2.75, 3.05) is 70.8 Å². The summed E-state index contributed by atoms with van der Waals surface area (Å²) < 4.78 is 35.8. The first-order valence-electron chi connectivity index (χ1n) is 41.6. The van der Waals surface area contributed by atoms with Crippen molar-refractivity contribution < 1.29 is 108 Å². The molecular weight excluding hydrogens is 1550 g/mol. The Morgan fingerprint density at radius 2 is 0.908 bits per heavy atom. The Hall–Kier alpha value is -10.2. The van der Waals surface area contributed by atoms with Gasteiger partial charge in [-0.05, 0) is 89.4 Å². The largest absolute Gasteiger partial charge is 0.507 e. The monoisotopic (exact) mass is 1670 g/mol. The molecule has 12 rings (SSSR count). The number of nitrogens with one attached hydrogen (secondary N) is 2. The number of phenols is 4. The molecule has 8 heterocycles. The number of aromatic hydroxyl groups is 4. The van der Waals surface area contributed by atoms with Crippen LogP contribution >= 0.6 is 0 Å². The molecule has 30 heteroatoms. The SMILES string of the molecule is CCCN1CCN(/N=C/C2=C3NC(=O)/C(C)=C\C=C\[C@H](C)[C@H](O)[C@@H](C)[C@@H](O)[C@@H](C)[C@H](OC(C)=O)[C@H](C)[C@@H](C)/C=C/O[C@@]4(C)Oc5c(C)c(O)c(c(c5C4=O)C2=O)C3=O)CC1.CCCN1CCN(/N=C/c2c3c(O)c4c(O)c(C)c5c(c4c2O)C(=O)[C@@](C)(O/C=C/[C@H](C)[C@@H](C)[C@@H](OC(C)=O)[C@H](C)[C@H](O)[C@H](C)[C@@H](O)[C@@H](C)/C=C/C=C(/C)C(=O)N3)O5)CC1. The first kappa shape index (κ1) is 93.6. The van der Waals surface area contributed by atoms with E-state index in [0.717, 1.165) is 52.1 Å². The quantitative estimate of drug-likeness (QED) is 0.0390. The summed E-state index contributed by atoms with van der Waals surface area (Å²) >= 11 is 0. The van der Waals surface area contributed by atoms with Gasteiger partial charge in [0.2, 0.25) is 5.78 Å². The van der Waals surface area contributed by atoms with Gasteiger partial charge in [0.05, 0.1) is 93.8 Å². The zero-order chi connectivity index (χ0) is 88.8. The molecule has 10 bridgehead atoms. The van der Waals surface area contributed by atoms with Crippen LogP contribution in [0.5, 0.6) is 34.5 Å². The van der Waals surface area contributed by atoms with Crippen LogP contribution in [0.1, 0.15) is 196 Å². The highest BCUT2D eigenvalue weighted by atomic mass is 16.7. The van der Waals surface area contributed by atoms with E-state index >= 15 is 0 Å². The number of hydrazone groups is 2. The average Bonchev–Trinajstić information content (AvgIpc) is 1.53. The third kappa shape index (κ3) is 19.7. The lowest BCUT2D eigenvalue weighted by Gasteiger charge is -2.37. The first-order valence-corrected chi connectivity index (χ1v) is 41.6. The van der Waals surface area contributed by atoms with Gasteiger partial charge in [-0.15, -0.1) is 0 Å². The Morgan fingerprint density at radius 1 is 0.492 bits per heavy atom. The van der Waals surface area contributed by atoms with E-state index in [-0.39, 0.29) is 90.2 Å². The molecule has 18 atom stereocenters. The maximum absolute atomic E-state index is 14.7. The van der Waals surface area contributed by atoms with Crippen LogP contribution in [0, 0.1) is 73.0 Å². The van der Waals surface area contributed by atoms with Gasteiger partial charge in [0, 0.05) is 143 Å². The third-order valence-electron chi connectivity index (χ3n) is 24.8. The first-order chi connectivity index (χ1) is 56.5. The van der Waals surface area contributed by atoms with Crippen molar-refractivity contribution in [1.82, 2.24) is 25.1 Å². The highest BCUT2D eigenvalue weighted by Crippen LogP contribution is 2.56. The highest BCUT2D eigenvalue weighted by molar-refractivity contribution is 6.38. The van der Waals surface area contributed by atoms with Gasteiger partial charge in [-0.3, -0.25) is 58.2 Å². The molecule has 120 heavy (non-hydrogen) atoms. The average molecular weight is 1670 g/mol. The molecule has 30 nitrogen and oxygen atoms in total. The Morgan fingerprint density at radius 3 is 1.35 bits per heavy atom. The third-order valence-corrected chi connectivity index (χ3v) is 24.8. The number of amides is 2. The standard InChI is InChI=1S/C45H62N4O11.C45H60N4O11/c2*1-11-16-48-17-19-49(20-18-48)46-22-31-35-40(55)33-32(39(31)54)34-42(29(8)38(33)53)60-45(10,43(34)56)58-21-15-23(2)26(5)41(59-30(9)50)28(7)37(52)27(6)36(51)24(3)13-12-14-25(4)44(57)47-35/h12-15,21-24,26-28,36-37,41,51-55H,11,16-20H2,1-10H3,(H,47,57);12-15,21-24,26-28,36-37,41,51-53H,11,16-20H2,1-10H3,(H,47,57)/b2*13-12+,21-15+,25-14-,46-22+/t2*23-,24-,26+,27+,28+,36-,37+,41+,45-/m00/s1. The van der Waals surface area contributed by atoms with E-state index in [0.29, 0.717) is 26.2 Å². The van der Waals surface area contributed by atoms with Crippen molar-refractivity contribution in [3.63, 3.8) is 0 Å². The van der Waals surface area contributed by atoms with Crippen molar-refractivity contribution in [2.45, 2.75) is 200 Å². The van der Waals surface area contributed by atoms with E-state index in [4.69, 9.17) is 28.4 Å². The van der Waals surface area contributed by atoms with Gasteiger partial charge in [0.1, 0.15) is 46.7 Å². The van der Waals surface area contributed by atoms with Gasteiger partial charge in [0.25, 0.3) is 23.4 Å². The second-order valence-corrected chi connectivity index (χ2v) is 33.6. The molecule has 10 N–H and O–H groups in total. The summed E-state index contributed by atoms with van der Waals surface area (Å²) in [5.41, 5.74) is -1.90. The topological polar surface area (TPSA) is 416 Å². The van der Waals surface area contributed by atoms with E-state index < -0.39 is 176 Å². The van der Waals surface area contributed by atoms with Crippen molar-refractivity contribution in [3.05, 3.63) is 122 Å². The predicted molar refractivity (Wildman–Crippen MR) is 451 cm³/mol. The zero-order valence-corrected chi connectivity index (χ0v) is 72.6. The number of fused-ring (bicyclic) bond motifs is 28. The zero-order valence-electron chi connectivity index (χ0n) is 72.6. The van der Waals surface area contributed by atoms with Crippen LogP contribution in [0.25, 0.3) is 10.8 Å².